The molecule has 3 rings (SSSR count). The van der Waals surface area contributed by atoms with Crippen LogP contribution < -0.4 is 10.5 Å². The minimum Gasteiger partial charge on any atom is -0.408 e. The van der Waals surface area contributed by atoms with Crippen molar-refractivity contribution in [3.05, 3.63) is 47.2 Å². The maximum absolute atomic E-state index is 12.0. The predicted octanol–water partition coefficient (Wildman–Crippen LogP) is 2.34. The lowest BCUT2D eigenvalue weighted by molar-refractivity contribution is 0.528. The monoisotopic (exact) mass is 347 g/mol. The van der Waals surface area contributed by atoms with Crippen molar-refractivity contribution < 1.29 is 12.8 Å². The van der Waals surface area contributed by atoms with Crippen molar-refractivity contribution in [3.63, 3.8) is 0 Å². The molecule has 1 aromatic carbocycles. The predicted molar refractivity (Wildman–Crippen MR) is 92.4 cm³/mol. The van der Waals surface area contributed by atoms with Gasteiger partial charge in [0.15, 0.2) is 5.58 Å². The molecule has 8 heteroatoms. The summed E-state index contributed by atoms with van der Waals surface area (Å²) in [5.41, 5.74) is 3.08. The maximum atomic E-state index is 12.0. The van der Waals surface area contributed by atoms with Crippen molar-refractivity contribution in [2.45, 2.75) is 19.1 Å². The Hall–Kier alpha value is -2.61. The second-order valence-electron chi connectivity index (χ2n) is 5.77. The highest BCUT2D eigenvalue weighted by Gasteiger charge is 2.16. The van der Waals surface area contributed by atoms with E-state index < -0.39 is 21.0 Å². The van der Waals surface area contributed by atoms with Gasteiger partial charge in [0.25, 0.3) is 0 Å². The molecule has 2 aromatic heterocycles. The molecule has 0 aliphatic rings. The fourth-order valence-electron chi connectivity index (χ4n) is 2.24. The highest BCUT2D eigenvalue weighted by atomic mass is 32.2. The fourth-order valence-corrected chi connectivity index (χ4v) is 2.92. The second kappa shape index (κ2) is 5.79. The molecule has 2 heterocycles. The number of fused-ring (bicyclic) bond motifs is 1. The van der Waals surface area contributed by atoms with Crippen LogP contribution in [0.25, 0.3) is 22.2 Å². The largest absolute Gasteiger partial charge is 0.419 e. The first-order chi connectivity index (χ1) is 11.3. The van der Waals surface area contributed by atoms with Gasteiger partial charge in [0, 0.05) is 18.8 Å². The number of hydrogen-bond donors (Lipinski definition) is 1. The molecule has 0 saturated carbocycles. The minimum absolute atomic E-state index is 0.391. The zero-order valence-electron chi connectivity index (χ0n) is 13.5. The van der Waals surface area contributed by atoms with E-state index in [9.17, 15) is 13.2 Å². The molecule has 0 bridgehead atoms. The first-order valence-electron chi connectivity index (χ1n) is 7.34. The smallest absolute Gasteiger partial charge is 0.408 e. The molecule has 24 heavy (non-hydrogen) atoms. The third-order valence-corrected chi connectivity index (χ3v) is 5.51. The van der Waals surface area contributed by atoms with Crippen LogP contribution in [-0.4, -0.2) is 23.2 Å². The van der Waals surface area contributed by atoms with Crippen molar-refractivity contribution in [1.29, 1.82) is 0 Å². The standard InChI is InChI=1S/C16H17N3O4S/c1-10(2)24(21,22)18-13-6-12(8-17-9-13)11-4-5-15-14(7-11)19(3)16(20)23-15/h4-10,18H,1-3H3. The van der Waals surface area contributed by atoms with E-state index in [0.717, 1.165) is 11.1 Å². The number of nitrogens with one attached hydrogen (secondary N) is 1. The van der Waals surface area contributed by atoms with E-state index in [1.54, 1.807) is 51.4 Å². The van der Waals surface area contributed by atoms with Gasteiger partial charge >= 0.3 is 5.76 Å². The van der Waals surface area contributed by atoms with Crippen LogP contribution in [-0.2, 0) is 17.1 Å². The number of oxazole rings is 1. The topological polar surface area (TPSA) is 94.2 Å². The summed E-state index contributed by atoms with van der Waals surface area (Å²) in [6.45, 7) is 3.21. The molecule has 0 radical (unpaired) electrons. The van der Waals surface area contributed by atoms with Crippen LogP contribution in [0.15, 0.2) is 45.9 Å². The van der Waals surface area contributed by atoms with Crippen LogP contribution >= 0.6 is 0 Å². The highest BCUT2D eigenvalue weighted by molar-refractivity contribution is 7.93. The summed E-state index contributed by atoms with van der Waals surface area (Å²) >= 11 is 0. The third-order valence-electron chi connectivity index (χ3n) is 3.74. The van der Waals surface area contributed by atoms with E-state index in [4.69, 9.17) is 4.42 Å². The van der Waals surface area contributed by atoms with Crippen molar-refractivity contribution in [2.75, 3.05) is 4.72 Å². The van der Waals surface area contributed by atoms with Crippen LogP contribution in [0.1, 0.15) is 13.8 Å². The number of benzene rings is 1. The summed E-state index contributed by atoms with van der Waals surface area (Å²) in [4.78, 5) is 15.7. The number of nitrogens with zero attached hydrogens (tertiary/aromatic N) is 2. The summed E-state index contributed by atoms with van der Waals surface area (Å²) in [7, 11) is -1.81. The van der Waals surface area contributed by atoms with Gasteiger partial charge in [-0.3, -0.25) is 14.3 Å². The Labute approximate surface area is 139 Å². The molecule has 0 spiro atoms. The average molecular weight is 347 g/mol. The van der Waals surface area contributed by atoms with Crippen LogP contribution in [0.3, 0.4) is 0 Å². The van der Waals surface area contributed by atoms with Gasteiger partial charge in [0.05, 0.1) is 22.7 Å². The van der Waals surface area contributed by atoms with Crippen LogP contribution in [0.5, 0.6) is 0 Å². The molecule has 0 aliphatic heterocycles. The first kappa shape index (κ1) is 16.3. The Balaban J connectivity index is 2.03. The summed E-state index contributed by atoms with van der Waals surface area (Å²) < 4.78 is 33.0. The summed E-state index contributed by atoms with van der Waals surface area (Å²) in [5.74, 6) is -0.432. The van der Waals surface area contributed by atoms with Gasteiger partial charge in [-0.25, -0.2) is 13.2 Å². The van der Waals surface area contributed by atoms with Crippen LogP contribution in [0, 0.1) is 0 Å². The Morgan fingerprint density at radius 2 is 1.92 bits per heavy atom. The van der Waals surface area contributed by atoms with Gasteiger partial charge < -0.3 is 4.42 Å². The number of aryl methyl sites for hydroxylation is 1. The number of pyridine rings is 1. The molecular formula is C16H17N3O4S. The number of rotatable bonds is 4. The van der Waals surface area contributed by atoms with Crippen LogP contribution in [0.4, 0.5) is 5.69 Å². The van der Waals surface area contributed by atoms with Gasteiger partial charge in [0.1, 0.15) is 0 Å². The fraction of sp³-hybridized carbons (Fsp3) is 0.250. The molecule has 0 aliphatic carbocycles. The van der Waals surface area contributed by atoms with E-state index in [1.165, 1.54) is 10.8 Å². The zero-order chi connectivity index (χ0) is 17.5. The van der Waals surface area contributed by atoms with Crippen molar-refractivity contribution in [1.82, 2.24) is 9.55 Å². The lowest BCUT2D eigenvalue weighted by atomic mass is 10.1. The van der Waals surface area contributed by atoms with E-state index in [-0.39, 0.29) is 0 Å². The lowest BCUT2D eigenvalue weighted by Gasteiger charge is -2.11. The number of hydrogen-bond acceptors (Lipinski definition) is 5. The van der Waals surface area contributed by atoms with E-state index in [1.807, 2.05) is 0 Å². The van der Waals surface area contributed by atoms with Gasteiger partial charge in [0.2, 0.25) is 10.0 Å². The second-order valence-corrected chi connectivity index (χ2v) is 8.00. The number of sulfonamides is 1. The first-order valence-corrected chi connectivity index (χ1v) is 8.89. The molecule has 3 aromatic rings. The molecule has 0 atom stereocenters. The Bertz CT molecular complexity index is 1060. The Morgan fingerprint density at radius 1 is 1.17 bits per heavy atom. The highest BCUT2D eigenvalue weighted by Crippen LogP contribution is 2.25. The molecular weight excluding hydrogens is 330 g/mol. The SMILES string of the molecule is CC(C)S(=O)(=O)Nc1cncc(-c2ccc3oc(=O)n(C)c3c2)c1. The van der Waals surface area contributed by atoms with E-state index in [2.05, 4.69) is 9.71 Å². The molecule has 1 N–H and O–H groups in total. The van der Waals surface area contributed by atoms with E-state index >= 15 is 0 Å². The Morgan fingerprint density at radius 3 is 2.62 bits per heavy atom. The molecule has 126 valence electrons. The summed E-state index contributed by atoms with van der Waals surface area (Å²) in [6, 6.07) is 7.00. The van der Waals surface area contributed by atoms with Crippen molar-refractivity contribution in [2.24, 2.45) is 7.05 Å². The van der Waals surface area contributed by atoms with Crippen molar-refractivity contribution >= 4 is 26.8 Å². The summed E-state index contributed by atoms with van der Waals surface area (Å²) in [6.07, 6.45) is 3.09. The maximum Gasteiger partial charge on any atom is 0.419 e. The minimum atomic E-state index is -3.44. The van der Waals surface area contributed by atoms with Gasteiger partial charge in [-0.15, -0.1) is 0 Å². The number of aromatic nitrogens is 2. The zero-order valence-corrected chi connectivity index (χ0v) is 14.3. The Kier molecular flexibility index (Phi) is 3.92. The molecule has 0 saturated heterocycles. The molecule has 0 fully saturated rings. The van der Waals surface area contributed by atoms with Crippen LogP contribution in [0.2, 0.25) is 0 Å². The molecule has 0 unspecified atom stereocenters. The van der Waals surface area contributed by atoms with Gasteiger partial charge in [-0.1, -0.05) is 6.07 Å². The van der Waals surface area contributed by atoms with Gasteiger partial charge in [-0.2, -0.15) is 0 Å². The lowest BCUT2D eigenvalue weighted by Crippen LogP contribution is -2.22. The molecule has 0 amide bonds. The van der Waals surface area contributed by atoms with E-state index in [0.29, 0.717) is 16.8 Å². The third kappa shape index (κ3) is 2.92. The summed E-state index contributed by atoms with van der Waals surface area (Å²) in [5, 5.41) is -0.544. The normalized spacial score (nSPS) is 12.0. The quantitative estimate of drug-likeness (QED) is 0.782. The molecule has 7 nitrogen and oxygen atoms in total. The average Bonchev–Trinajstić information content (AvgIpc) is 2.81. The van der Waals surface area contributed by atoms with Crippen molar-refractivity contribution in [3.8, 4) is 11.1 Å². The van der Waals surface area contributed by atoms with Gasteiger partial charge in [-0.05, 0) is 37.6 Å². The number of anilines is 1.